The Hall–Kier alpha value is -1.00. The van der Waals surface area contributed by atoms with E-state index in [1.165, 1.54) is 0 Å². The summed E-state index contributed by atoms with van der Waals surface area (Å²) in [6.07, 6.45) is 3.12. The molecule has 1 amide bonds. The highest BCUT2D eigenvalue weighted by Gasteiger charge is 2.09. The first kappa shape index (κ1) is 17.1. The summed E-state index contributed by atoms with van der Waals surface area (Å²) in [5.74, 6) is 0.977. The number of hydrogen-bond donors (Lipinski definition) is 1. The third kappa shape index (κ3) is 6.44. The SMILES string of the molecule is CCCCOCCCNC(=O)c1ccccc1SCC. The van der Waals surface area contributed by atoms with E-state index in [1.54, 1.807) is 11.8 Å². The molecule has 1 rings (SSSR count). The zero-order valence-corrected chi connectivity index (χ0v) is 13.3. The quantitative estimate of drug-likeness (QED) is 0.528. The fraction of sp³-hybridized carbons (Fsp3) is 0.562. The number of ether oxygens (including phenoxy) is 1. The normalized spacial score (nSPS) is 10.5. The van der Waals surface area contributed by atoms with E-state index in [4.69, 9.17) is 4.74 Å². The Balaban J connectivity index is 2.29. The van der Waals surface area contributed by atoms with Gasteiger partial charge in [-0.2, -0.15) is 0 Å². The monoisotopic (exact) mass is 295 g/mol. The van der Waals surface area contributed by atoms with Crippen molar-refractivity contribution in [3.05, 3.63) is 29.8 Å². The van der Waals surface area contributed by atoms with Crippen LogP contribution >= 0.6 is 11.8 Å². The first-order valence-electron chi connectivity index (χ1n) is 7.37. The Morgan fingerprint density at radius 2 is 1.95 bits per heavy atom. The molecule has 20 heavy (non-hydrogen) atoms. The maximum absolute atomic E-state index is 12.1. The third-order valence-electron chi connectivity index (χ3n) is 2.82. The van der Waals surface area contributed by atoms with E-state index in [0.717, 1.165) is 42.1 Å². The Morgan fingerprint density at radius 1 is 1.20 bits per heavy atom. The van der Waals surface area contributed by atoms with E-state index in [9.17, 15) is 4.79 Å². The van der Waals surface area contributed by atoms with Gasteiger partial charge in [-0.05, 0) is 30.7 Å². The lowest BCUT2D eigenvalue weighted by atomic mass is 10.2. The van der Waals surface area contributed by atoms with Gasteiger partial charge in [0.2, 0.25) is 0 Å². The van der Waals surface area contributed by atoms with Crippen molar-refractivity contribution < 1.29 is 9.53 Å². The Kier molecular flexibility index (Phi) is 9.16. The number of rotatable bonds is 10. The van der Waals surface area contributed by atoms with Crippen molar-refractivity contribution in [2.24, 2.45) is 0 Å². The van der Waals surface area contributed by atoms with Crippen LogP contribution in [0.3, 0.4) is 0 Å². The minimum Gasteiger partial charge on any atom is -0.381 e. The Morgan fingerprint density at radius 3 is 2.70 bits per heavy atom. The molecule has 0 bridgehead atoms. The summed E-state index contributed by atoms with van der Waals surface area (Å²) in [4.78, 5) is 13.2. The molecule has 0 aliphatic rings. The van der Waals surface area contributed by atoms with Gasteiger partial charge in [0, 0.05) is 24.7 Å². The number of hydrogen-bond acceptors (Lipinski definition) is 3. The summed E-state index contributed by atoms with van der Waals surface area (Å²) in [6, 6.07) is 7.75. The van der Waals surface area contributed by atoms with Crippen molar-refractivity contribution in [3.8, 4) is 0 Å². The Labute approximate surface area is 126 Å². The van der Waals surface area contributed by atoms with Crippen LogP contribution in [0.5, 0.6) is 0 Å². The van der Waals surface area contributed by atoms with Gasteiger partial charge in [-0.1, -0.05) is 32.4 Å². The highest BCUT2D eigenvalue weighted by Crippen LogP contribution is 2.21. The van der Waals surface area contributed by atoms with Crippen LogP contribution in [0.25, 0.3) is 0 Å². The van der Waals surface area contributed by atoms with Gasteiger partial charge >= 0.3 is 0 Å². The van der Waals surface area contributed by atoms with E-state index in [-0.39, 0.29) is 5.91 Å². The minimum absolute atomic E-state index is 0.00936. The number of unbranched alkanes of at least 4 members (excludes halogenated alkanes) is 1. The van der Waals surface area contributed by atoms with Gasteiger partial charge in [-0.3, -0.25) is 4.79 Å². The fourth-order valence-electron chi connectivity index (χ4n) is 1.76. The van der Waals surface area contributed by atoms with Crippen molar-refractivity contribution in [1.29, 1.82) is 0 Å². The smallest absolute Gasteiger partial charge is 0.252 e. The molecule has 0 saturated carbocycles. The first-order valence-corrected chi connectivity index (χ1v) is 8.35. The van der Waals surface area contributed by atoms with Gasteiger partial charge in [0.05, 0.1) is 5.56 Å². The van der Waals surface area contributed by atoms with Gasteiger partial charge in [-0.15, -0.1) is 11.8 Å². The standard InChI is InChI=1S/C16H25NO2S/c1-3-5-12-19-13-8-11-17-16(18)14-9-6-7-10-15(14)20-4-2/h6-7,9-10H,3-5,8,11-13H2,1-2H3,(H,17,18). The fourth-order valence-corrected chi connectivity index (χ4v) is 2.56. The highest BCUT2D eigenvalue weighted by molar-refractivity contribution is 7.99. The number of thioether (sulfide) groups is 1. The molecule has 1 N–H and O–H groups in total. The minimum atomic E-state index is 0.00936. The summed E-state index contributed by atoms with van der Waals surface area (Å²) in [7, 11) is 0. The second-order valence-corrected chi connectivity index (χ2v) is 5.81. The van der Waals surface area contributed by atoms with Crippen LogP contribution in [0.1, 0.15) is 43.5 Å². The molecular weight excluding hydrogens is 270 g/mol. The topological polar surface area (TPSA) is 38.3 Å². The van der Waals surface area contributed by atoms with Gasteiger partial charge in [0.25, 0.3) is 5.91 Å². The van der Waals surface area contributed by atoms with Crippen LogP contribution in [-0.2, 0) is 4.74 Å². The molecule has 0 unspecified atom stereocenters. The van der Waals surface area contributed by atoms with Crippen LogP contribution in [0, 0.1) is 0 Å². The van der Waals surface area contributed by atoms with Gasteiger partial charge in [0.15, 0.2) is 0 Å². The molecule has 0 aromatic heterocycles. The average Bonchev–Trinajstić information content (AvgIpc) is 2.47. The van der Waals surface area contributed by atoms with Crippen molar-refractivity contribution >= 4 is 17.7 Å². The largest absolute Gasteiger partial charge is 0.381 e. The molecule has 0 aliphatic carbocycles. The highest BCUT2D eigenvalue weighted by atomic mass is 32.2. The molecule has 0 atom stereocenters. The molecule has 112 valence electrons. The van der Waals surface area contributed by atoms with Crippen molar-refractivity contribution in [1.82, 2.24) is 5.32 Å². The second-order valence-electron chi connectivity index (χ2n) is 4.50. The lowest BCUT2D eigenvalue weighted by Gasteiger charge is -2.09. The summed E-state index contributed by atoms with van der Waals surface area (Å²) in [5.41, 5.74) is 0.770. The molecule has 0 radical (unpaired) electrons. The molecule has 0 aliphatic heterocycles. The Bertz CT molecular complexity index is 396. The van der Waals surface area contributed by atoms with E-state index in [1.807, 2.05) is 24.3 Å². The average molecular weight is 295 g/mol. The predicted octanol–water partition coefficient (Wildman–Crippen LogP) is 3.74. The van der Waals surface area contributed by atoms with Gasteiger partial charge < -0.3 is 10.1 Å². The van der Waals surface area contributed by atoms with Crippen LogP contribution in [-0.4, -0.2) is 31.4 Å². The van der Waals surface area contributed by atoms with E-state index < -0.39 is 0 Å². The summed E-state index contributed by atoms with van der Waals surface area (Å²) < 4.78 is 5.47. The van der Waals surface area contributed by atoms with Crippen molar-refractivity contribution in [2.75, 3.05) is 25.5 Å². The summed E-state index contributed by atoms with van der Waals surface area (Å²) in [5, 5.41) is 2.96. The maximum atomic E-state index is 12.1. The molecule has 0 saturated heterocycles. The first-order chi connectivity index (χ1) is 9.79. The number of carbonyl (C=O) groups excluding carboxylic acids is 1. The zero-order chi connectivity index (χ0) is 14.6. The van der Waals surface area contributed by atoms with E-state index in [2.05, 4.69) is 19.2 Å². The molecule has 4 heteroatoms. The lowest BCUT2D eigenvalue weighted by molar-refractivity contribution is 0.0937. The molecule has 0 fully saturated rings. The third-order valence-corrected chi connectivity index (χ3v) is 3.78. The summed E-state index contributed by atoms with van der Waals surface area (Å²) >= 11 is 1.70. The summed E-state index contributed by atoms with van der Waals surface area (Å²) in [6.45, 7) is 6.43. The molecule has 3 nitrogen and oxygen atoms in total. The molecule has 1 aromatic carbocycles. The number of carbonyl (C=O) groups is 1. The second kappa shape index (κ2) is 10.7. The number of benzene rings is 1. The number of amides is 1. The van der Waals surface area contributed by atoms with Crippen LogP contribution in [0.2, 0.25) is 0 Å². The van der Waals surface area contributed by atoms with E-state index >= 15 is 0 Å². The van der Waals surface area contributed by atoms with Crippen LogP contribution in [0.15, 0.2) is 29.2 Å². The predicted molar refractivity (Wildman–Crippen MR) is 85.5 cm³/mol. The van der Waals surface area contributed by atoms with Gasteiger partial charge in [0.1, 0.15) is 0 Å². The van der Waals surface area contributed by atoms with Crippen LogP contribution in [0.4, 0.5) is 0 Å². The van der Waals surface area contributed by atoms with Crippen molar-refractivity contribution in [2.45, 2.75) is 38.0 Å². The van der Waals surface area contributed by atoms with E-state index in [0.29, 0.717) is 13.2 Å². The molecule has 1 aromatic rings. The number of nitrogens with one attached hydrogen (secondary N) is 1. The van der Waals surface area contributed by atoms with Crippen LogP contribution < -0.4 is 5.32 Å². The zero-order valence-electron chi connectivity index (χ0n) is 12.5. The maximum Gasteiger partial charge on any atom is 0.252 e. The lowest BCUT2D eigenvalue weighted by Crippen LogP contribution is -2.25. The molecule has 0 spiro atoms. The van der Waals surface area contributed by atoms with Crippen molar-refractivity contribution in [3.63, 3.8) is 0 Å². The van der Waals surface area contributed by atoms with Gasteiger partial charge in [-0.25, -0.2) is 0 Å². The molecule has 0 heterocycles. The molecular formula is C16H25NO2S.